The highest BCUT2D eigenvalue weighted by molar-refractivity contribution is 5.40. The van der Waals surface area contributed by atoms with E-state index in [0.717, 1.165) is 48.3 Å². The molecule has 1 saturated carbocycles. The maximum atomic E-state index is 4.62. The van der Waals surface area contributed by atoms with Crippen molar-refractivity contribution in [2.24, 2.45) is 11.8 Å². The number of aromatic nitrogens is 2. The number of aryl methyl sites for hydroxylation is 2. The number of piperidine rings is 1. The Kier molecular flexibility index (Phi) is 4.72. The summed E-state index contributed by atoms with van der Waals surface area (Å²) >= 11 is 0. The van der Waals surface area contributed by atoms with E-state index < -0.39 is 0 Å². The van der Waals surface area contributed by atoms with Crippen LogP contribution in [0.25, 0.3) is 0 Å². The van der Waals surface area contributed by atoms with E-state index in [4.69, 9.17) is 0 Å². The van der Waals surface area contributed by atoms with E-state index in [1.165, 1.54) is 45.2 Å². The first kappa shape index (κ1) is 16.3. The summed E-state index contributed by atoms with van der Waals surface area (Å²) in [4.78, 5) is 11.4. The number of nitrogens with zero attached hydrogens (tertiary/aromatic N) is 3. The molecule has 3 atom stereocenters. The van der Waals surface area contributed by atoms with Crippen LogP contribution >= 0.6 is 0 Å². The molecule has 3 aliphatic rings. The summed E-state index contributed by atoms with van der Waals surface area (Å²) in [6, 6.07) is 3.54. The molecule has 0 bridgehead atoms. The minimum absolute atomic E-state index is 0.682. The van der Waals surface area contributed by atoms with Gasteiger partial charge in [-0.1, -0.05) is 0 Å². The quantitative estimate of drug-likeness (QED) is 0.889. The maximum absolute atomic E-state index is 4.62. The topological polar surface area (TPSA) is 53.1 Å². The van der Waals surface area contributed by atoms with Crippen LogP contribution in [-0.2, 0) is 0 Å². The molecule has 0 aromatic carbocycles. The molecule has 5 heteroatoms. The van der Waals surface area contributed by atoms with Crippen molar-refractivity contribution >= 4 is 5.82 Å². The van der Waals surface area contributed by atoms with Gasteiger partial charge in [0.15, 0.2) is 0 Å². The van der Waals surface area contributed by atoms with Gasteiger partial charge in [0.1, 0.15) is 11.6 Å². The van der Waals surface area contributed by atoms with Crippen LogP contribution in [-0.4, -0.2) is 48.2 Å². The molecular formula is C19H31N5. The fraction of sp³-hybridized carbons (Fsp3) is 0.789. The van der Waals surface area contributed by atoms with Gasteiger partial charge in [0.2, 0.25) is 0 Å². The molecule has 3 unspecified atom stereocenters. The standard InChI is InChI=1S/C19H31N5/c1-13-9-19(22-14(2)21-13)24-7-5-17(6-8-24)23-18-4-3-15-11-20-12-16(15)10-18/h9,15-18,20,23H,3-8,10-12H2,1-2H3. The van der Waals surface area contributed by atoms with Crippen molar-refractivity contribution in [3.8, 4) is 0 Å². The Morgan fingerprint density at radius 2 is 1.79 bits per heavy atom. The molecule has 4 rings (SSSR count). The minimum Gasteiger partial charge on any atom is -0.356 e. The molecule has 132 valence electrons. The Morgan fingerprint density at radius 3 is 2.58 bits per heavy atom. The molecule has 24 heavy (non-hydrogen) atoms. The van der Waals surface area contributed by atoms with Crippen molar-refractivity contribution in [1.29, 1.82) is 0 Å². The highest BCUT2D eigenvalue weighted by Crippen LogP contribution is 2.33. The van der Waals surface area contributed by atoms with Crippen molar-refractivity contribution in [3.05, 3.63) is 17.6 Å². The van der Waals surface area contributed by atoms with Gasteiger partial charge in [-0.15, -0.1) is 0 Å². The van der Waals surface area contributed by atoms with Crippen molar-refractivity contribution < 1.29 is 0 Å². The molecule has 0 radical (unpaired) electrons. The monoisotopic (exact) mass is 329 g/mol. The predicted molar refractivity (Wildman–Crippen MR) is 97.4 cm³/mol. The molecule has 2 aliphatic heterocycles. The average Bonchev–Trinajstić information content (AvgIpc) is 3.02. The summed E-state index contributed by atoms with van der Waals surface area (Å²) in [7, 11) is 0. The van der Waals surface area contributed by atoms with Crippen LogP contribution in [0.5, 0.6) is 0 Å². The fourth-order valence-electron chi connectivity index (χ4n) is 4.92. The number of nitrogens with one attached hydrogen (secondary N) is 2. The lowest BCUT2D eigenvalue weighted by molar-refractivity contribution is 0.221. The maximum Gasteiger partial charge on any atom is 0.132 e. The second-order valence-corrected chi connectivity index (χ2v) is 8.03. The van der Waals surface area contributed by atoms with Gasteiger partial charge in [-0.3, -0.25) is 0 Å². The summed E-state index contributed by atoms with van der Waals surface area (Å²) in [5, 5.41) is 7.55. The first-order valence-corrected chi connectivity index (χ1v) is 9.71. The Hall–Kier alpha value is -1.20. The SMILES string of the molecule is Cc1cc(N2CCC(NC3CCC4CNCC4C3)CC2)nc(C)n1. The van der Waals surface area contributed by atoms with E-state index >= 15 is 0 Å². The molecule has 1 aliphatic carbocycles. The lowest BCUT2D eigenvalue weighted by atomic mass is 9.79. The first-order chi connectivity index (χ1) is 11.7. The molecule has 3 heterocycles. The number of fused-ring (bicyclic) bond motifs is 1. The van der Waals surface area contributed by atoms with Crippen molar-refractivity contribution in [2.75, 3.05) is 31.1 Å². The highest BCUT2D eigenvalue weighted by Gasteiger charge is 2.34. The number of hydrogen-bond donors (Lipinski definition) is 2. The van der Waals surface area contributed by atoms with Crippen molar-refractivity contribution in [3.63, 3.8) is 0 Å². The number of hydrogen-bond acceptors (Lipinski definition) is 5. The Balaban J connectivity index is 1.28. The molecule has 0 amide bonds. The zero-order valence-corrected chi connectivity index (χ0v) is 15.1. The fourth-order valence-corrected chi connectivity index (χ4v) is 4.92. The number of anilines is 1. The van der Waals surface area contributed by atoms with Gasteiger partial charge in [0, 0.05) is 36.9 Å². The average molecular weight is 329 g/mol. The van der Waals surface area contributed by atoms with Crippen molar-refractivity contribution in [2.45, 2.75) is 58.0 Å². The largest absolute Gasteiger partial charge is 0.356 e. The van der Waals surface area contributed by atoms with Gasteiger partial charge in [-0.05, 0) is 70.9 Å². The van der Waals surface area contributed by atoms with Gasteiger partial charge in [0.05, 0.1) is 0 Å². The summed E-state index contributed by atoms with van der Waals surface area (Å²) < 4.78 is 0. The van der Waals surface area contributed by atoms with Gasteiger partial charge < -0.3 is 15.5 Å². The van der Waals surface area contributed by atoms with Crippen LogP contribution < -0.4 is 15.5 Å². The summed E-state index contributed by atoms with van der Waals surface area (Å²) in [6.07, 6.45) is 6.61. The Labute approximate surface area is 145 Å². The van der Waals surface area contributed by atoms with E-state index in [9.17, 15) is 0 Å². The Morgan fingerprint density at radius 1 is 1.00 bits per heavy atom. The van der Waals surface area contributed by atoms with Crippen LogP contribution in [0, 0.1) is 25.7 Å². The zero-order valence-electron chi connectivity index (χ0n) is 15.1. The smallest absolute Gasteiger partial charge is 0.132 e. The van der Waals surface area contributed by atoms with Crippen LogP contribution in [0.3, 0.4) is 0 Å². The molecule has 2 N–H and O–H groups in total. The van der Waals surface area contributed by atoms with E-state index in [1.807, 2.05) is 6.92 Å². The highest BCUT2D eigenvalue weighted by atomic mass is 15.2. The molecular weight excluding hydrogens is 298 g/mol. The summed E-state index contributed by atoms with van der Waals surface area (Å²) in [5.74, 6) is 3.86. The predicted octanol–water partition coefficient (Wildman–Crippen LogP) is 2.04. The van der Waals surface area contributed by atoms with E-state index in [1.54, 1.807) is 0 Å². The summed E-state index contributed by atoms with van der Waals surface area (Å²) in [6.45, 7) is 8.75. The van der Waals surface area contributed by atoms with Crippen LogP contribution in [0.1, 0.15) is 43.6 Å². The first-order valence-electron chi connectivity index (χ1n) is 9.71. The van der Waals surface area contributed by atoms with Gasteiger partial charge in [-0.2, -0.15) is 0 Å². The molecule has 5 nitrogen and oxygen atoms in total. The van der Waals surface area contributed by atoms with Crippen molar-refractivity contribution in [1.82, 2.24) is 20.6 Å². The van der Waals surface area contributed by atoms with Crippen LogP contribution in [0.15, 0.2) is 6.07 Å². The third kappa shape index (κ3) is 3.57. The van der Waals surface area contributed by atoms with E-state index in [0.29, 0.717) is 6.04 Å². The minimum atomic E-state index is 0.682. The van der Waals surface area contributed by atoms with Gasteiger partial charge in [-0.25, -0.2) is 9.97 Å². The second kappa shape index (κ2) is 6.96. The molecule has 1 aromatic rings. The number of rotatable bonds is 3. The second-order valence-electron chi connectivity index (χ2n) is 8.03. The summed E-state index contributed by atoms with van der Waals surface area (Å²) in [5.41, 5.74) is 1.07. The molecule has 3 fully saturated rings. The third-order valence-corrected chi connectivity index (χ3v) is 6.20. The zero-order chi connectivity index (χ0) is 16.5. The Bertz CT molecular complexity index is 547. The molecule has 0 spiro atoms. The van der Waals surface area contributed by atoms with Gasteiger partial charge in [0.25, 0.3) is 0 Å². The lowest BCUT2D eigenvalue weighted by Gasteiger charge is -2.38. The molecule has 1 aromatic heterocycles. The van der Waals surface area contributed by atoms with Gasteiger partial charge >= 0.3 is 0 Å². The lowest BCUT2D eigenvalue weighted by Crippen LogP contribution is -2.48. The molecule has 2 saturated heterocycles. The van der Waals surface area contributed by atoms with E-state index in [-0.39, 0.29) is 0 Å². The van der Waals surface area contributed by atoms with Crippen LogP contribution in [0.4, 0.5) is 5.82 Å². The third-order valence-electron chi connectivity index (χ3n) is 6.20. The van der Waals surface area contributed by atoms with E-state index in [2.05, 4.69) is 38.5 Å². The normalized spacial score (nSPS) is 31.2. The van der Waals surface area contributed by atoms with Crippen LogP contribution in [0.2, 0.25) is 0 Å².